The zero-order chi connectivity index (χ0) is 19.8. The second-order valence-electron chi connectivity index (χ2n) is 6.30. The van der Waals surface area contributed by atoms with E-state index in [1.54, 1.807) is 23.0 Å². The van der Waals surface area contributed by atoms with Crippen LogP contribution in [-0.4, -0.2) is 29.1 Å². The van der Waals surface area contributed by atoms with Gasteiger partial charge in [0.15, 0.2) is 10.8 Å². The minimum absolute atomic E-state index is 0.148. The molecule has 4 heterocycles. The van der Waals surface area contributed by atoms with Gasteiger partial charge in [0.05, 0.1) is 17.6 Å². The van der Waals surface area contributed by atoms with Crippen molar-refractivity contribution in [3.05, 3.63) is 93.4 Å². The van der Waals surface area contributed by atoms with Crippen molar-refractivity contribution in [2.24, 2.45) is 0 Å². The number of aromatic amines is 1. The van der Waals surface area contributed by atoms with E-state index in [0.717, 1.165) is 5.69 Å². The molecule has 0 atom stereocenters. The van der Waals surface area contributed by atoms with E-state index in [1.165, 1.54) is 28.4 Å². The fourth-order valence-electron chi connectivity index (χ4n) is 3.04. The Hall–Kier alpha value is -3.72. The largest absolute Gasteiger partial charge is 0.301 e. The number of hydrogen-bond donors (Lipinski definition) is 1. The fraction of sp³-hybridized carbons (Fsp3) is 0.0500. The second kappa shape index (κ2) is 7.02. The summed E-state index contributed by atoms with van der Waals surface area (Å²) in [5, 5.41) is 5.16. The molecule has 0 aliphatic heterocycles. The molecule has 0 unspecified atom stereocenters. The topological polar surface area (TPSA) is 97.9 Å². The van der Waals surface area contributed by atoms with Gasteiger partial charge in [-0.15, -0.1) is 0 Å². The van der Waals surface area contributed by atoms with E-state index in [-0.39, 0.29) is 11.1 Å². The number of hydrogen-bond acceptors (Lipinski definition) is 6. The van der Waals surface area contributed by atoms with Crippen molar-refractivity contribution in [1.82, 2.24) is 29.1 Å². The van der Waals surface area contributed by atoms with Gasteiger partial charge in [-0.3, -0.25) is 14.0 Å². The van der Waals surface area contributed by atoms with Gasteiger partial charge in [-0.2, -0.15) is 5.10 Å². The number of benzene rings is 1. The number of thioether (sulfide) groups is 1. The van der Waals surface area contributed by atoms with Crippen LogP contribution in [0.1, 0.15) is 5.69 Å². The highest BCUT2D eigenvalue weighted by Crippen LogP contribution is 2.20. The third-order valence-corrected chi connectivity index (χ3v) is 5.30. The summed E-state index contributed by atoms with van der Waals surface area (Å²) in [6, 6.07) is 16.4. The van der Waals surface area contributed by atoms with E-state index in [9.17, 15) is 9.59 Å². The maximum absolute atomic E-state index is 12.5. The number of pyridine rings is 1. The van der Waals surface area contributed by atoms with Gasteiger partial charge in [0.2, 0.25) is 0 Å². The highest BCUT2D eigenvalue weighted by molar-refractivity contribution is 7.98. The molecule has 4 aromatic heterocycles. The van der Waals surface area contributed by atoms with E-state index in [0.29, 0.717) is 33.3 Å². The first-order chi connectivity index (χ1) is 14.2. The minimum atomic E-state index is -0.258. The molecule has 0 fully saturated rings. The van der Waals surface area contributed by atoms with Gasteiger partial charge in [0.25, 0.3) is 11.1 Å². The number of nitrogens with zero attached hydrogens (tertiary/aromatic N) is 5. The smallest absolute Gasteiger partial charge is 0.262 e. The number of rotatable bonds is 4. The molecule has 0 bridgehead atoms. The first kappa shape index (κ1) is 17.4. The van der Waals surface area contributed by atoms with Crippen molar-refractivity contribution in [2.45, 2.75) is 10.9 Å². The van der Waals surface area contributed by atoms with Crippen LogP contribution in [0, 0.1) is 0 Å². The Bertz CT molecular complexity index is 1460. The molecule has 8 nitrogen and oxygen atoms in total. The Balaban J connectivity index is 1.50. The van der Waals surface area contributed by atoms with Crippen molar-refractivity contribution < 1.29 is 0 Å². The van der Waals surface area contributed by atoms with Crippen LogP contribution in [0.3, 0.4) is 0 Å². The summed E-state index contributed by atoms with van der Waals surface area (Å²) in [4.78, 5) is 36.5. The predicted octanol–water partition coefficient (Wildman–Crippen LogP) is 2.41. The molecule has 0 amide bonds. The summed E-state index contributed by atoms with van der Waals surface area (Å²) in [6.07, 6.45) is 3.19. The molecular weight excluding hydrogens is 388 g/mol. The lowest BCUT2D eigenvalue weighted by atomic mass is 10.3. The summed E-state index contributed by atoms with van der Waals surface area (Å²) in [7, 11) is 0. The van der Waals surface area contributed by atoms with Crippen molar-refractivity contribution >= 4 is 28.4 Å². The van der Waals surface area contributed by atoms with Crippen LogP contribution in [0.5, 0.6) is 0 Å². The van der Waals surface area contributed by atoms with Crippen LogP contribution in [-0.2, 0) is 5.75 Å². The van der Waals surface area contributed by atoms with Crippen LogP contribution in [0.25, 0.3) is 22.4 Å². The zero-order valence-electron chi connectivity index (χ0n) is 15.0. The number of H-pyrrole nitrogens is 1. The number of aromatic nitrogens is 6. The molecule has 1 N–H and O–H groups in total. The molecule has 0 aliphatic rings. The molecule has 29 heavy (non-hydrogen) atoms. The maximum Gasteiger partial charge on any atom is 0.262 e. The summed E-state index contributed by atoms with van der Waals surface area (Å²) >= 11 is 1.31. The Labute approximate surface area is 167 Å². The van der Waals surface area contributed by atoms with E-state index in [2.05, 4.69) is 20.1 Å². The minimum Gasteiger partial charge on any atom is -0.301 e. The van der Waals surface area contributed by atoms with Gasteiger partial charge in [-0.05, 0) is 24.3 Å². The molecule has 0 saturated carbocycles. The molecule has 9 heteroatoms. The van der Waals surface area contributed by atoms with Gasteiger partial charge >= 0.3 is 0 Å². The van der Waals surface area contributed by atoms with Crippen LogP contribution < -0.4 is 11.1 Å². The number of para-hydroxylation sites is 1. The summed E-state index contributed by atoms with van der Waals surface area (Å²) in [5.74, 6) is 0.397. The molecule has 5 aromatic rings. The van der Waals surface area contributed by atoms with Gasteiger partial charge in [-0.25, -0.2) is 14.6 Å². The van der Waals surface area contributed by atoms with Gasteiger partial charge in [0.1, 0.15) is 11.0 Å². The van der Waals surface area contributed by atoms with E-state index in [1.807, 2.05) is 36.4 Å². The average Bonchev–Trinajstić information content (AvgIpc) is 3.18. The van der Waals surface area contributed by atoms with Crippen molar-refractivity contribution in [2.75, 3.05) is 0 Å². The Morgan fingerprint density at radius 2 is 1.83 bits per heavy atom. The molecule has 1 aromatic carbocycles. The predicted molar refractivity (Wildman–Crippen MR) is 111 cm³/mol. The average molecular weight is 402 g/mol. The van der Waals surface area contributed by atoms with Crippen LogP contribution in [0.4, 0.5) is 0 Å². The normalized spacial score (nSPS) is 11.3. The number of fused-ring (bicyclic) bond motifs is 2. The molecule has 5 rings (SSSR count). The van der Waals surface area contributed by atoms with Gasteiger partial charge < -0.3 is 4.98 Å². The quantitative estimate of drug-likeness (QED) is 0.366. The lowest BCUT2D eigenvalue weighted by Crippen LogP contribution is -2.15. The van der Waals surface area contributed by atoms with E-state index in [4.69, 9.17) is 0 Å². The van der Waals surface area contributed by atoms with Crippen molar-refractivity contribution in [3.63, 3.8) is 0 Å². The summed E-state index contributed by atoms with van der Waals surface area (Å²) in [5.41, 5.74) is 2.09. The lowest BCUT2D eigenvalue weighted by molar-refractivity contribution is 0.872. The first-order valence-electron chi connectivity index (χ1n) is 8.83. The van der Waals surface area contributed by atoms with E-state index >= 15 is 0 Å². The van der Waals surface area contributed by atoms with Crippen LogP contribution >= 0.6 is 11.8 Å². The molecule has 0 aliphatic carbocycles. The van der Waals surface area contributed by atoms with Crippen molar-refractivity contribution in [3.8, 4) is 5.69 Å². The highest BCUT2D eigenvalue weighted by Gasteiger charge is 2.12. The fourth-order valence-corrected chi connectivity index (χ4v) is 3.79. The summed E-state index contributed by atoms with van der Waals surface area (Å²) < 4.78 is 3.12. The molecule has 142 valence electrons. The second-order valence-corrected chi connectivity index (χ2v) is 7.27. The monoisotopic (exact) mass is 402 g/mol. The Morgan fingerprint density at radius 1 is 1.00 bits per heavy atom. The summed E-state index contributed by atoms with van der Waals surface area (Å²) in [6.45, 7) is 0. The Kier molecular flexibility index (Phi) is 4.21. The lowest BCUT2D eigenvalue weighted by Gasteiger charge is -2.05. The third-order valence-electron chi connectivity index (χ3n) is 4.40. The molecular formula is C20H14N6O2S. The van der Waals surface area contributed by atoms with E-state index < -0.39 is 0 Å². The first-order valence-corrected chi connectivity index (χ1v) is 9.81. The molecule has 0 saturated heterocycles. The maximum atomic E-state index is 12.5. The standard InChI is InChI=1S/C20H14N6O2S/c27-17-10-13(22-16-8-4-5-9-25(16)17)12-29-20-23-18-15(19(28)24-20)11-21-26(18)14-6-2-1-3-7-14/h1-11H,12H2,(H,23,24,28). The molecule has 0 spiro atoms. The van der Waals surface area contributed by atoms with Crippen molar-refractivity contribution in [1.29, 1.82) is 0 Å². The van der Waals surface area contributed by atoms with Crippen LogP contribution in [0.2, 0.25) is 0 Å². The highest BCUT2D eigenvalue weighted by atomic mass is 32.2. The van der Waals surface area contributed by atoms with Gasteiger partial charge in [-0.1, -0.05) is 36.0 Å². The van der Waals surface area contributed by atoms with Crippen LogP contribution in [0.15, 0.2) is 81.7 Å². The zero-order valence-corrected chi connectivity index (χ0v) is 15.8. The van der Waals surface area contributed by atoms with Gasteiger partial charge in [0, 0.05) is 18.0 Å². The number of nitrogens with one attached hydrogen (secondary N) is 1. The Morgan fingerprint density at radius 3 is 2.69 bits per heavy atom. The third kappa shape index (κ3) is 3.21. The molecule has 0 radical (unpaired) electrons. The SMILES string of the molecule is O=c1[nH]c(SCc2cc(=O)n3ccccc3n2)nc2c1cnn2-c1ccccc1.